The Morgan fingerprint density at radius 1 is 1.58 bits per heavy atom. The van der Waals surface area contributed by atoms with E-state index in [1.165, 1.54) is 6.33 Å². The minimum atomic E-state index is -0.240. The molecule has 0 amide bonds. The first kappa shape index (κ1) is 7.76. The van der Waals surface area contributed by atoms with Crippen LogP contribution < -0.4 is 4.90 Å². The molecule has 0 unspecified atom stereocenters. The van der Waals surface area contributed by atoms with Crippen LogP contribution in [0, 0.1) is 0 Å². The summed E-state index contributed by atoms with van der Waals surface area (Å²) in [5.41, 5.74) is 0. The monoisotopic (exact) mass is 185 g/mol. The van der Waals surface area contributed by atoms with Gasteiger partial charge in [0.05, 0.1) is 12.3 Å². The molecule has 1 N–H and O–H groups in total. The number of hydrogen-bond donors (Lipinski definition) is 1. The van der Waals surface area contributed by atoms with Gasteiger partial charge in [0.15, 0.2) is 5.82 Å². The van der Waals surface area contributed by atoms with E-state index >= 15 is 0 Å². The first-order valence-electron chi connectivity index (χ1n) is 3.66. The van der Waals surface area contributed by atoms with E-state index in [0.717, 1.165) is 0 Å². The number of anilines is 1. The van der Waals surface area contributed by atoms with Crippen molar-refractivity contribution in [2.75, 3.05) is 18.0 Å². The molecular weight excluding hydrogens is 178 g/mol. The maximum Gasteiger partial charge on any atom is 0.151 e. The van der Waals surface area contributed by atoms with E-state index in [0.29, 0.717) is 23.9 Å². The van der Waals surface area contributed by atoms with Crippen LogP contribution in [0.5, 0.6) is 0 Å². The van der Waals surface area contributed by atoms with E-state index in [1.54, 1.807) is 6.20 Å². The number of nitrogens with zero attached hydrogens (tertiary/aromatic N) is 3. The van der Waals surface area contributed by atoms with Gasteiger partial charge in [-0.3, -0.25) is 0 Å². The number of aliphatic hydroxyl groups excluding tert-OH is 1. The van der Waals surface area contributed by atoms with Gasteiger partial charge in [-0.1, -0.05) is 11.6 Å². The zero-order chi connectivity index (χ0) is 8.55. The fraction of sp³-hybridized carbons (Fsp3) is 0.429. The first-order valence-corrected chi connectivity index (χ1v) is 4.03. The third-order valence-corrected chi connectivity index (χ3v) is 2.08. The van der Waals surface area contributed by atoms with Crippen molar-refractivity contribution in [3.8, 4) is 0 Å². The van der Waals surface area contributed by atoms with Gasteiger partial charge in [-0.2, -0.15) is 0 Å². The van der Waals surface area contributed by atoms with Crippen LogP contribution in [-0.4, -0.2) is 34.3 Å². The molecule has 0 aromatic carbocycles. The highest BCUT2D eigenvalue weighted by Gasteiger charge is 2.26. The summed E-state index contributed by atoms with van der Waals surface area (Å²) in [6.07, 6.45) is 2.76. The van der Waals surface area contributed by atoms with Crippen LogP contribution in [0.1, 0.15) is 0 Å². The molecule has 1 fully saturated rings. The average Bonchev–Trinajstić information content (AvgIpc) is 2.01. The molecule has 2 heterocycles. The Labute approximate surface area is 74.8 Å². The molecule has 4 nitrogen and oxygen atoms in total. The molecule has 1 saturated heterocycles. The predicted octanol–water partition coefficient (Wildman–Crippen LogP) is 0.311. The quantitative estimate of drug-likeness (QED) is 0.684. The molecular formula is C7H8ClN3O. The number of rotatable bonds is 1. The summed E-state index contributed by atoms with van der Waals surface area (Å²) in [7, 11) is 0. The Morgan fingerprint density at radius 2 is 2.33 bits per heavy atom. The zero-order valence-corrected chi connectivity index (χ0v) is 7.07. The smallest absolute Gasteiger partial charge is 0.151 e. The molecule has 0 spiro atoms. The predicted molar refractivity (Wildman–Crippen MR) is 45.3 cm³/mol. The lowest BCUT2D eigenvalue weighted by molar-refractivity contribution is 0.141. The lowest BCUT2D eigenvalue weighted by atomic mass is 10.2. The van der Waals surface area contributed by atoms with E-state index in [-0.39, 0.29) is 6.10 Å². The molecule has 0 bridgehead atoms. The second-order valence-electron chi connectivity index (χ2n) is 2.75. The minimum absolute atomic E-state index is 0.240. The molecule has 1 aromatic rings. The summed E-state index contributed by atoms with van der Waals surface area (Å²) < 4.78 is 0. The molecule has 0 aliphatic carbocycles. The highest BCUT2D eigenvalue weighted by Crippen LogP contribution is 2.25. The van der Waals surface area contributed by atoms with Crippen molar-refractivity contribution in [1.82, 2.24) is 9.97 Å². The van der Waals surface area contributed by atoms with Gasteiger partial charge in [0, 0.05) is 13.1 Å². The fourth-order valence-electron chi connectivity index (χ4n) is 1.17. The first-order chi connectivity index (χ1) is 5.77. The van der Waals surface area contributed by atoms with Crippen LogP contribution in [0.15, 0.2) is 12.5 Å². The molecule has 5 heteroatoms. The summed E-state index contributed by atoms with van der Waals surface area (Å²) in [4.78, 5) is 9.69. The lowest BCUT2D eigenvalue weighted by Crippen LogP contribution is -2.51. The summed E-state index contributed by atoms with van der Waals surface area (Å²) >= 11 is 5.83. The molecule has 64 valence electrons. The van der Waals surface area contributed by atoms with E-state index in [2.05, 4.69) is 9.97 Å². The number of β-amino-alcohol motifs (C(OH)–C–C–N with tert-alkyl or cyclic N) is 1. The van der Waals surface area contributed by atoms with Gasteiger partial charge in [0.1, 0.15) is 11.3 Å². The second-order valence-corrected chi connectivity index (χ2v) is 3.16. The molecule has 2 rings (SSSR count). The van der Waals surface area contributed by atoms with Crippen molar-refractivity contribution < 1.29 is 5.11 Å². The molecule has 12 heavy (non-hydrogen) atoms. The Hall–Kier alpha value is -0.870. The summed E-state index contributed by atoms with van der Waals surface area (Å²) in [6, 6.07) is 0. The molecule has 0 saturated carbocycles. The largest absolute Gasteiger partial charge is 0.389 e. The maximum absolute atomic E-state index is 9.04. The number of halogens is 1. The molecule has 0 radical (unpaired) electrons. The summed E-state index contributed by atoms with van der Waals surface area (Å²) in [6.45, 7) is 1.22. The van der Waals surface area contributed by atoms with Crippen molar-refractivity contribution in [2.45, 2.75) is 6.10 Å². The number of aliphatic hydroxyl groups is 1. The van der Waals surface area contributed by atoms with Gasteiger partial charge in [-0.05, 0) is 0 Å². The van der Waals surface area contributed by atoms with Gasteiger partial charge >= 0.3 is 0 Å². The van der Waals surface area contributed by atoms with E-state index < -0.39 is 0 Å². The Morgan fingerprint density at radius 3 is 2.92 bits per heavy atom. The molecule has 1 aliphatic rings. The maximum atomic E-state index is 9.04. The van der Waals surface area contributed by atoms with Crippen LogP contribution in [0.3, 0.4) is 0 Å². The topological polar surface area (TPSA) is 49.2 Å². The van der Waals surface area contributed by atoms with Crippen LogP contribution >= 0.6 is 11.6 Å². The molecule has 1 aliphatic heterocycles. The van der Waals surface area contributed by atoms with Gasteiger partial charge in [0.25, 0.3) is 0 Å². The summed E-state index contributed by atoms with van der Waals surface area (Å²) in [5.74, 6) is 0.706. The summed E-state index contributed by atoms with van der Waals surface area (Å²) in [5, 5.41) is 9.57. The van der Waals surface area contributed by atoms with Gasteiger partial charge < -0.3 is 10.0 Å². The van der Waals surface area contributed by atoms with Crippen LogP contribution in [0.2, 0.25) is 5.02 Å². The number of hydrogen-bond acceptors (Lipinski definition) is 4. The van der Waals surface area contributed by atoms with Crippen molar-refractivity contribution in [3.63, 3.8) is 0 Å². The van der Waals surface area contributed by atoms with Crippen LogP contribution in [-0.2, 0) is 0 Å². The lowest BCUT2D eigenvalue weighted by Gasteiger charge is -2.36. The van der Waals surface area contributed by atoms with Crippen molar-refractivity contribution in [2.24, 2.45) is 0 Å². The van der Waals surface area contributed by atoms with Gasteiger partial charge in [-0.25, -0.2) is 9.97 Å². The zero-order valence-electron chi connectivity index (χ0n) is 6.31. The second kappa shape index (κ2) is 2.88. The highest BCUT2D eigenvalue weighted by molar-refractivity contribution is 6.32. The molecule has 1 aromatic heterocycles. The third-order valence-electron chi connectivity index (χ3n) is 1.81. The Balaban J connectivity index is 2.18. The normalized spacial score (nSPS) is 17.7. The van der Waals surface area contributed by atoms with Crippen LogP contribution in [0.25, 0.3) is 0 Å². The fourth-order valence-corrected chi connectivity index (χ4v) is 1.39. The van der Waals surface area contributed by atoms with Crippen molar-refractivity contribution in [1.29, 1.82) is 0 Å². The minimum Gasteiger partial charge on any atom is -0.389 e. The van der Waals surface area contributed by atoms with Crippen molar-refractivity contribution >= 4 is 17.4 Å². The van der Waals surface area contributed by atoms with E-state index in [9.17, 15) is 0 Å². The molecule has 0 atom stereocenters. The van der Waals surface area contributed by atoms with E-state index in [4.69, 9.17) is 16.7 Å². The van der Waals surface area contributed by atoms with Gasteiger partial charge in [-0.15, -0.1) is 0 Å². The number of aromatic nitrogens is 2. The Kier molecular flexibility index (Phi) is 1.86. The third kappa shape index (κ3) is 1.23. The highest BCUT2D eigenvalue weighted by atomic mass is 35.5. The SMILES string of the molecule is OC1CN(c2ncncc2Cl)C1. The van der Waals surface area contributed by atoms with E-state index in [1.807, 2.05) is 4.90 Å². The van der Waals surface area contributed by atoms with Crippen LogP contribution in [0.4, 0.5) is 5.82 Å². The van der Waals surface area contributed by atoms with Crippen molar-refractivity contribution in [3.05, 3.63) is 17.5 Å². The Bertz CT molecular complexity index is 288. The van der Waals surface area contributed by atoms with Gasteiger partial charge in [0.2, 0.25) is 0 Å². The standard InChI is InChI=1S/C7H8ClN3O/c8-6-1-9-4-10-7(6)11-2-5(12)3-11/h1,4-5,12H,2-3H2. The average molecular weight is 186 g/mol.